The van der Waals surface area contributed by atoms with Gasteiger partial charge in [0.2, 0.25) is 5.91 Å². The number of hydrogen-bond acceptors (Lipinski definition) is 6. The van der Waals surface area contributed by atoms with Crippen molar-refractivity contribution in [1.29, 1.82) is 0 Å². The number of rotatable bonds is 6. The number of carbonyl (C=O) groups is 3. The van der Waals surface area contributed by atoms with E-state index in [0.717, 1.165) is 6.54 Å². The first-order chi connectivity index (χ1) is 11.6. The highest BCUT2D eigenvalue weighted by Gasteiger charge is 2.17. The number of benzene rings is 1. The van der Waals surface area contributed by atoms with E-state index in [0.29, 0.717) is 30.9 Å². The van der Waals surface area contributed by atoms with Crippen molar-refractivity contribution in [3.8, 4) is 0 Å². The van der Waals surface area contributed by atoms with Crippen molar-refractivity contribution < 1.29 is 23.9 Å². The van der Waals surface area contributed by atoms with E-state index in [4.69, 9.17) is 4.74 Å². The Kier molecular flexibility index (Phi) is 8.90. The first-order valence-electron chi connectivity index (χ1n) is 7.64. The zero-order chi connectivity index (χ0) is 17.4. The van der Waals surface area contributed by atoms with Gasteiger partial charge in [0, 0.05) is 30.3 Å². The Hall–Kier alpha value is -2.16. The van der Waals surface area contributed by atoms with Crippen LogP contribution in [0.5, 0.6) is 0 Å². The van der Waals surface area contributed by atoms with Gasteiger partial charge in [0.1, 0.15) is 6.54 Å². The summed E-state index contributed by atoms with van der Waals surface area (Å²) in [5, 5.41) is 8.43. The second kappa shape index (κ2) is 10.7. The molecule has 0 spiro atoms. The molecule has 1 aliphatic heterocycles. The van der Waals surface area contributed by atoms with Crippen molar-refractivity contribution in [3.63, 3.8) is 0 Å². The third-order valence-electron chi connectivity index (χ3n) is 3.48. The fraction of sp³-hybridized carbons (Fsp3) is 0.438. The number of morpholine rings is 1. The Bertz CT molecular complexity index is 588. The third-order valence-corrected chi connectivity index (χ3v) is 3.48. The first-order valence-corrected chi connectivity index (χ1v) is 7.64. The molecule has 1 heterocycles. The predicted octanol–water partition coefficient (Wildman–Crippen LogP) is 0.328. The molecular weight excluding hydrogens is 350 g/mol. The second-order valence-corrected chi connectivity index (χ2v) is 5.31. The Morgan fingerprint density at radius 3 is 2.60 bits per heavy atom. The molecular formula is C16H22ClN3O5. The van der Waals surface area contributed by atoms with Crippen LogP contribution in [0.3, 0.4) is 0 Å². The van der Waals surface area contributed by atoms with Gasteiger partial charge in [0.25, 0.3) is 5.91 Å². The molecule has 0 saturated carbocycles. The van der Waals surface area contributed by atoms with Crippen molar-refractivity contribution in [2.45, 2.75) is 12.5 Å². The van der Waals surface area contributed by atoms with Gasteiger partial charge in [0.05, 0.1) is 20.3 Å². The van der Waals surface area contributed by atoms with Crippen LogP contribution < -0.4 is 16.0 Å². The number of halogens is 1. The van der Waals surface area contributed by atoms with Gasteiger partial charge in [-0.2, -0.15) is 0 Å². The van der Waals surface area contributed by atoms with Gasteiger partial charge in [-0.3, -0.25) is 14.4 Å². The molecule has 1 aromatic carbocycles. The van der Waals surface area contributed by atoms with Crippen LogP contribution in [0.2, 0.25) is 0 Å². The van der Waals surface area contributed by atoms with Gasteiger partial charge in [-0.15, -0.1) is 12.4 Å². The van der Waals surface area contributed by atoms with E-state index in [-0.39, 0.29) is 36.8 Å². The van der Waals surface area contributed by atoms with Crippen LogP contribution in [0.25, 0.3) is 0 Å². The van der Waals surface area contributed by atoms with Gasteiger partial charge in [-0.25, -0.2) is 0 Å². The van der Waals surface area contributed by atoms with Gasteiger partial charge in [-0.05, 0) is 24.3 Å². The number of anilines is 1. The molecule has 1 saturated heterocycles. The molecule has 0 aromatic heterocycles. The fourth-order valence-corrected chi connectivity index (χ4v) is 2.22. The summed E-state index contributed by atoms with van der Waals surface area (Å²) in [6.07, 6.45) is 0.321. The molecule has 1 unspecified atom stereocenters. The van der Waals surface area contributed by atoms with Crippen LogP contribution in [-0.4, -0.2) is 57.2 Å². The number of nitrogens with one attached hydrogen (secondary N) is 3. The summed E-state index contributed by atoms with van der Waals surface area (Å²) in [4.78, 5) is 34.8. The summed E-state index contributed by atoms with van der Waals surface area (Å²) in [6.45, 7) is 1.74. The maximum atomic E-state index is 12.0. The van der Waals surface area contributed by atoms with Gasteiger partial charge in [0.15, 0.2) is 0 Å². The molecule has 1 fully saturated rings. The van der Waals surface area contributed by atoms with E-state index in [1.807, 2.05) is 0 Å². The molecule has 25 heavy (non-hydrogen) atoms. The standard InChI is InChI=1S/C16H21N3O5.ClH/c1-23-15(21)9-18-16(22)11-2-4-12(5-3-11)19-14(20)8-13-10-24-7-6-17-13;/h2-5,13,17H,6-10H2,1H3,(H,18,22)(H,19,20);1H. The molecule has 1 aromatic rings. The quantitative estimate of drug-likeness (QED) is 0.622. The normalized spacial score (nSPS) is 16.3. The summed E-state index contributed by atoms with van der Waals surface area (Å²) in [7, 11) is 1.25. The Morgan fingerprint density at radius 2 is 2.00 bits per heavy atom. The van der Waals surface area contributed by atoms with Crippen molar-refractivity contribution in [3.05, 3.63) is 29.8 Å². The van der Waals surface area contributed by atoms with Crippen molar-refractivity contribution in [2.75, 3.05) is 38.7 Å². The Balaban J connectivity index is 0.00000312. The zero-order valence-electron chi connectivity index (χ0n) is 13.9. The van der Waals surface area contributed by atoms with Crippen LogP contribution in [0.4, 0.5) is 5.69 Å². The van der Waals surface area contributed by atoms with E-state index < -0.39 is 5.97 Å². The molecule has 8 nitrogen and oxygen atoms in total. The lowest BCUT2D eigenvalue weighted by atomic mass is 10.1. The molecule has 1 aliphatic rings. The first kappa shape index (κ1) is 20.9. The molecule has 2 rings (SSSR count). The number of esters is 1. The molecule has 1 atom stereocenters. The number of methoxy groups -OCH3 is 1. The average molecular weight is 372 g/mol. The highest BCUT2D eigenvalue weighted by atomic mass is 35.5. The smallest absolute Gasteiger partial charge is 0.325 e. The topological polar surface area (TPSA) is 106 Å². The van der Waals surface area contributed by atoms with Crippen LogP contribution in [0.15, 0.2) is 24.3 Å². The van der Waals surface area contributed by atoms with E-state index in [1.165, 1.54) is 7.11 Å². The van der Waals surface area contributed by atoms with Crippen LogP contribution in [0.1, 0.15) is 16.8 Å². The highest BCUT2D eigenvalue weighted by Crippen LogP contribution is 2.11. The minimum atomic E-state index is -0.521. The van der Waals surface area contributed by atoms with Crippen LogP contribution in [0, 0.1) is 0 Å². The average Bonchev–Trinajstić information content (AvgIpc) is 2.60. The van der Waals surface area contributed by atoms with Crippen molar-refractivity contribution in [2.24, 2.45) is 0 Å². The molecule has 138 valence electrons. The summed E-state index contributed by atoms with van der Waals surface area (Å²) in [6, 6.07) is 6.43. The molecule has 0 bridgehead atoms. The highest BCUT2D eigenvalue weighted by molar-refractivity contribution is 5.97. The van der Waals surface area contributed by atoms with Gasteiger partial charge in [-0.1, -0.05) is 0 Å². The van der Waals surface area contributed by atoms with Crippen molar-refractivity contribution >= 4 is 35.9 Å². The lowest BCUT2D eigenvalue weighted by Crippen LogP contribution is -2.43. The minimum Gasteiger partial charge on any atom is -0.468 e. The lowest BCUT2D eigenvalue weighted by Gasteiger charge is -2.23. The maximum Gasteiger partial charge on any atom is 0.325 e. The van der Waals surface area contributed by atoms with Crippen LogP contribution in [-0.2, 0) is 19.1 Å². The van der Waals surface area contributed by atoms with E-state index in [1.54, 1.807) is 24.3 Å². The second-order valence-electron chi connectivity index (χ2n) is 5.31. The van der Waals surface area contributed by atoms with Gasteiger partial charge < -0.3 is 25.4 Å². The lowest BCUT2D eigenvalue weighted by molar-refractivity contribution is -0.139. The Morgan fingerprint density at radius 1 is 1.28 bits per heavy atom. The number of amides is 2. The summed E-state index contributed by atoms with van der Waals surface area (Å²) in [5.74, 6) is -1.03. The van der Waals surface area contributed by atoms with E-state index in [9.17, 15) is 14.4 Å². The molecule has 9 heteroatoms. The largest absolute Gasteiger partial charge is 0.468 e. The minimum absolute atomic E-state index is 0. The fourth-order valence-electron chi connectivity index (χ4n) is 2.22. The van der Waals surface area contributed by atoms with E-state index in [2.05, 4.69) is 20.7 Å². The van der Waals surface area contributed by atoms with E-state index >= 15 is 0 Å². The molecule has 0 radical (unpaired) electrons. The zero-order valence-corrected chi connectivity index (χ0v) is 14.7. The summed E-state index contributed by atoms with van der Waals surface area (Å²) < 4.78 is 9.75. The van der Waals surface area contributed by atoms with Crippen LogP contribution >= 0.6 is 12.4 Å². The monoisotopic (exact) mass is 371 g/mol. The molecule has 2 amide bonds. The summed E-state index contributed by atoms with van der Waals surface area (Å²) >= 11 is 0. The number of ether oxygens (including phenoxy) is 2. The number of hydrogen-bond donors (Lipinski definition) is 3. The van der Waals surface area contributed by atoms with Gasteiger partial charge >= 0.3 is 5.97 Å². The Labute approximate surface area is 152 Å². The molecule has 3 N–H and O–H groups in total. The third kappa shape index (κ3) is 7.08. The summed E-state index contributed by atoms with van der Waals surface area (Å²) in [5.41, 5.74) is 0.987. The SMILES string of the molecule is COC(=O)CNC(=O)c1ccc(NC(=O)CC2COCCN2)cc1.Cl. The number of carbonyl (C=O) groups excluding carboxylic acids is 3. The van der Waals surface area contributed by atoms with Crippen molar-refractivity contribution in [1.82, 2.24) is 10.6 Å². The maximum absolute atomic E-state index is 12.0. The predicted molar refractivity (Wildman–Crippen MR) is 93.9 cm³/mol. The molecule has 0 aliphatic carbocycles.